The maximum absolute atomic E-state index is 5.72. The Morgan fingerprint density at radius 2 is 1.44 bits per heavy atom. The van der Waals surface area contributed by atoms with Gasteiger partial charge in [-0.3, -0.25) is 0 Å². The number of ether oxygens (including phenoxy) is 5. The van der Waals surface area contributed by atoms with E-state index >= 15 is 0 Å². The third-order valence-electron chi connectivity index (χ3n) is 2.33. The second-order valence-electron chi connectivity index (χ2n) is 5.22. The summed E-state index contributed by atoms with van der Waals surface area (Å²) in [4.78, 5) is 0. The molecule has 0 saturated carbocycles. The summed E-state index contributed by atoms with van der Waals surface area (Å²) in [5.41, 5.74) is -0.160. The maximum Gasteiger partial charge on any atom is 0.104 e. The van der Waals surface area contributed by atoms with Crippen LogP contribution in [0, 0.1) is 0 Å². The average molecular weight is 262 g/mol. The zero-order valence-electron chi connectivity index (χ0n) is 11.8. The van der Waals surface area contributed by atoms with Gasteiger partial charge in [-0.15, -0.1) is 0 Å². The van der Waals surface area contributed by atoms with Gasteiger partial charge in [0.15, 0.2) is 0 Å². The summed E-state index contributed by atoms with van der Waals surface area (Å²) < 4.78 is 27.6. The van der Waals surface area contributed by atoms with Gasteiger partial charge in [0, 0.05) is 0 Å². The van der Waals surface area contributed by atoms with E-state index in [1.165, 1.54) is 0 Å². The summed E-state index contributed by atoms with van der Waals surface area (Å²) in [6, 6.07) is 0. The van der Waals surface area contributed by atoms with Gasteiger partial charge in [-0.25, -0.2) is 0 Å². The Hall–Kier alpha value is -0.200. The molecule has 5 heteroatoms. The molecule has 0 spiro atoms. The van der Waals surface area contributed by atoms with E-state index in [0.29, 0.717) is 52.9 Å². The van der Waals surface area contributed by atoms with Crippen molar-refractivity contribution in [3.05, 3.63) is 0 Å². The predicted molar refractivity (Wildman–Crippen MR) is 67.9 cm³/mol. The molecule has 1 atom stereocenters. The highest BCUT2D eigenvalue weighted by Crippen LogP contribution is 2.08. The number of hydrogen-bond acceptors (Lipinski definition) is 5. The summed E-state index contributed by atoms with van der Waals surface area (Å²) in [6.07, 6.45) is -0.0488. The molecule has 0 amide bonds. The van der Waals surface area contributed by atoms with Crippen molar-refractivity contribution >= 4 is 0 Å². The lowest BCUT2D eigenvalue weighted by atomic mass is 10.2. The fourth-order valence-corrected chi connectivity index (χ4v) is 1.42. The van der Waals surface area contributed by atoms with Crippen LogP contribution in [-0.4, -0.2) is 64.6 Å². The van der Waals surface area contributed by atoms with Crippen LogP contribution in [0.5, 0.6) is 0 Å². The normalized spacial score (nSPS) is 25.2. The predicted octanol–water partition coefficient (Wildman–Crippen LogP) is 1.25. The molecule has 1 unspecified atom stereocenters. The zero-order valence-corrected chi connectivity index (χ0v) is 11.8. The van der Waals surface area contributed by atoms with Crippen molar-refractivity contribution in [3.8, 4) is 0 Å². The van der Waals surface area contributed by atoms with E-state index in [0.717, 1.165) is 0 Å². The minimum Gasteiger partial charge on any atom is -0.377 e. The molecule has 1 aliphatic rings. The van der Waals surface area contributed by atoms with Crippen LogP contribution in [0.15, 0.2) is 0 Å². The highest BCUT2D eigenvalue weighted by molar-refractivity contribution is 4.63. The lowest BCUT2D eigenvalue weighted by molar-refractivity contribution is -0.113. The van der Waals surface area contributed by atoms with Gasteiger partial charge >= 0.3 is 0 Å². The molecule has 1 heterocycles. The van der Waals surface area contributed by atoms with Crippen molar-refractivity contribution in [1.29, 1.82) is 0 Å². The molecule has 0 N–H and O–H groups in total. The first-order chi connectivity index (χ1) is 8.58. The van der Waals surface area contributed by atoms with Crippen LogP contribution in [0.4, 0.5) is 0 Å². The average Bonchev–Trinajstić information content (AvgIpc) is 2.27. The van der Waals surface area contributed by atoms with Gasteiger partial charge in [0.2, 0.25) is 0 Å². The van der Waals surface area contributed by atoms with Crippen molar-refractivity contribution in [2.75, 3.05) is 52.9 Å². The topological polar surface area (TPSA) is 46.2 Å². The first-order valence-corrected chi connectivity index (χ1v) is 6.57. The van der Waals surface area contributed by atoms with Gasteiger partial charge in [-0.2, -0.15) is 0 Å². The van der Waals surface area contributed by atoms with Crippen molar-refractivity contribution in [2.45, 2.75) is 32.5 Å². The molecular formula is C13H26O5. The third-order valence-corrected chi connectivity index (χ3v) is 2.33. The molecule has 18 heavy (non-hydrogen) atoms. The molecule has 0 radical (unpaired) electrons. The van der Waals surface area contributed by atoms with Gasteiger partial charge in [-0.1, -0.05) is 0 Å². The summed E-state index contributed by atoms with van der Waals surface area (Å²) in [7, 11) is 0. The van der Waals surface area contributed by atoms with Crippen molar-refractivity contribution in [2.24, 2.45) is 0 Å². The zero-order chi connectivity index (χ0) is 13.3. The second kappa shape index (κ2) is 8.82. The molecule has 0 aromatic heterocycles. The molecular weight excluding hydrogens is 236 g/mol. The van der Waals surface area contributed by atoms with E-state index in [-0.39, 0.29) is 11.7 Å². The Kier molecular flexibility index (Phi) is 7.77. The summed E-state index contributed by atoms with van der Waals surface area (Å²) in [5, 5.41) is 0. The fourth-order valence-electron chi connectivity index (χ4n) is 1.42. The van der Waals surface area contributed by atoms with Crippen LogP contribution in [0.25, 0.3) is 0 Å². The van der Waals surface area contributed by atoms with E-state index in [4.69, 9.17) is 23.7 Å². The quantitative estimate of drug-likeness (QED) is 0.749. The minimum atomic E-state index is -0.160. The van der Waals surface area contributed by atoms with Gasteiger partial charge in [0.1, 0.15) is 6.10 Å². The lowest BCUT2D eigenvalue weighted by Crippen LogP contribution is -2.32. The molecule has 5 nitrogen and oxygen atoms in total. The summed E-state index contributed by atoms with van der Waals surface area (Å²) >= 11 is 0. The van der Waals surface area contributed by atoms with E-state index in [1.807, 2.05) is 20.8 Å². The van der Waals surface area contributed by atoms with Gasteiger partial charge in [0.25, 0.3) is 0 Å². The van der Waals surface area contributed by atoms with E-state index in [1.54, 1.807) is 0 Å². The van der Waals surface area contributed by atoms with Crippen molar-refractivity contribution in [1.82, 2.24) is 0 Å². The standard InChI is InChI=1S/C13H26O5/c1-13(2,3)18-11-12-10-16-7-6-14-4-5-15-8-9-17-12/h12H,4-11H2,1-3H3. The molecule has 0 bridgehead atoms. The molecule has 0 aromatic carbocycles. The third kappa shape index (κ3) is 8.83. The van der Waals surface area contributed by atoms with Gasteiger partial charge in [-0.05, 0) is 20.8 Å². The molecule has 108 valence electrons. The fraction of sp³-hybridized carbons (Fsp3) is 1.00. The molecule has 1 fully saturated rings. The SMILES string of the molecule is CC(C)(C)OCC1COCCOCCOCCO1. The Morgan fingerprint density at radius 3 is 2.06 bits per heavy atom. The first kappa shape index (κ1) is 15.9. The number of hydrogen-bond donors (Lipinski definition) is 0. The molecule has 0 aliphatic carbocycles. The van der Waals surface area contributed by atoms with Gasteiger partial charge in [0.05, 0.1) is 58.5 Å². The summed E-state index contributed by atoms with van der Waals surface area (Å²) in [6.45, 7) is 10.7. The van der Waals surface area contributed by atoms with Crippen LogP contribution in [0.1, 0.15) is 20.8 Å². The molecule has 0 aromatic rings. The van der Waals surface area contributed by atoms with Crippen LogP contribution in [-0.2, 0) is 23.7 Å². The molecule has 1 rings (SSSR count). The van der Waals surface area contributed by atoms with Crippen molar-refractivity contribution < 1.29 is 23.7 Å². The first-order valence-electron chi connectivity index (χ1n) is 6.57. The van der Waals surface area contributed by atoms with Crippen LogP contribution in [0.3, 0.4) is 0 Å². The largest absolute Gasteiger partial charge is 0.377 e. The second-order valence-corrected chi connectivity index (χ2v) is 5.22. The van der Waals surface area contributed by atoms with Crippen LogP contribution < -0.4 is 0 Å². The van der Waals surface area contributed by atoms with Crippen molar-refractivity contribution in [3.63, 3.8) is 0 Å². The monoisotopic (exact) mass is 262 g/mol. The highest BCUT2D eigenvalue weighted by atomic mass is 16.6. The Bertz CT molecular complexity index is 190. The Labute approximate surface area is 110 Å². The smallest absolute Gasteiger partial charge is 0.104 e. The molecule has 1 saturated heterocycles. The molecule has 1 aliphatic heterocycles. The summed E-state index contributed by atoms with van der Waals surface area (Å²) in [5.74, 6) is 0. The minimum absolute atomic E-state index is 0.0488. The van der Waals surface area contributed by atoms with Crippen LogP contribution in [0.2, 0.25) is 0 Å². The Morgan fingerprint density at radius 1 is 0.889 bits per heavy atom. The van der Waals surface area contributed by atoms with E-state index in [2.05, 4.69) is 0 Å². The number of rotatable bonds is 2. The lowest BCUT2D eigenvalue weighted by Gasteiger charge is -2.25. The highest BCUT2D eigenvalue weighted by Gasteiger charge is 2.16. The van der Waals surface area contributed by atoms with Gasteiger partial charge < -0.3 is 23.7 Å². The van der Waals surface area contributed by atoms with E-state index in [9.17, 15) is 0 Å². The van der Waals surface area contributed by atoms with E-state index < -0.39 is 0 Å². The Balaban J connectivity index is 2.27. The maximum atomic E-state index is 5.72. The van der Waals surface area contributed by atoms with Crippen LogP contribution >= 0.6 is 0 Å².